The maximum atomic E-state index is 5.64. The minimum atomic E-state index is 0. The molecule has 0 aliphatic rings. The average Bonchev–Trinajstić information content (AvgIpc) is 3.09. The van der Waals surface area contributed by atoms with E-state index in [1.165, 1.54) is 0 Å². The molecule has 0 aromatic carbocycles. The lowest BCUT2D eigenvalue weighted by Crippen LogP contribution is -2.44. The van der Waals surface area contributed by atoms with Crippen LogP contribution in [0.15, 0.2) is 40.5 Å². The number of hydrogen-bond donors (Lipinski definition) is 1. The summed E-state index contributed by atoms with van der Waals surface area (Å²) in [6.45, 7) is 11.8. The van der Waals surface area contributed by atoms with Gasteiger partial charge < -0.3 is 14.6 Å². The van der Waals surface area contributed by atoms with E-state index in [1.54, 1.807) is 6.26 Å². The summed E-state index contributed by atoms with van der Waals surface area (Å²) in [6, 6.07) is 4.20. The van der Waals surface area contributed by atoms with E-state index >= 15 is 0 Å². The summed E-state index contributed by atoms with van der Waals surface area (Å²) >= 11 is 0. The van der Waals surface area contributed by atoms with Gasteiger partial charge in [0.05, 0.1) is 12.3 Å². The van der Waals surface area contributed by atoms with Crippen LogP contribution in [-0.2, 0) is 0 Å². The molecule has 1 aromatic rings. The number of nitrogens with zero attached hydrogens (tertiary/aromatic N) is 3. The summed E-state index contributed by atoms with van der Waals surface area (Å²) in [5.41, 5.74) is 0. The first-order valence-corrected chi connectivity index (χ1v) is 8.47. The van der Waals surface area contributed by atoms with Crippen LogP contribution in [-0.4, -0.2) is 56.0 Å². The second-order valence-corrected chi connectivity index (χ2v) is 5.53. The predicted octanol–water partition coefficient (Wildman–Crippen LogP) is 3.75. The Labute approximate surface area is 164 Å². The number of rotatable bonds is 10. The van der Waals surface area contributed by atoms with Crippen LogP contribution in [0, 0.1) is 0 Å². The zero-order chi connectivity index (χ0) is 17.1. The number of hydrogen-bond acceptors (Lipinski definition) is 3. The lowest BCUT2D eigenvalue weighted by Gasteiger charge is -2.30. The number of aliphatic imine (C=N–C) groups is 1. The SMILES string of the molecule is C=CCCCN(C)C(=NC)NCC(c1ccco1)N(CC)CC.I. The first kappa shape index (κ1) is 23.0. The Kier molecular flexibility index (Phi) is 12.7. The second kappa shape index (κ2) is 13.3. The maximum Gasteiger partial charge on any atom is 0.193 e. The summed E-state index contributed by atoms with van der Waals surface area (Å²) in [5.74, 6) is 1.91. The third-order valence-electron chi connectivity index (χ3n) is 4.05. The van der Waals surface area contributed by atoms with E-state index < -0.39 is 0 Å². The molecule has 0 saturated carbocycles. The summed E-state index contributed by atoms with van der Waals surface area (Å²) < 4.78 is 5.64. The molecule has 1 heterocycles. The van der Waals surface area contributed by atoms with Crippen LogP contribution in [0.25, 0.3) is 0 Å². The van der Waals surface area contributed by atoms with Gasteiger partial charge in [0.25, 0.3) is 0 Å². The highest BCUT2D eigenvalue weighted by atomic mass is 127. The molecule has 1 rings (SSSR count). The molecule has 1 aromatic heterocycles. The molecule has 0 saturated heterocycles. The molecule has 1 N–H and O–H groups in total. The monoisotopic (exact) mass is 448 g/mol. The Morgan fingerprint density at radius 3 is 2.62 bits per heavy atom. The first-order valence-electron chi connectivity index (χ1n) is 8.47. The molecular weight excluding hydrogens is 415 g/mol. The number of unbranched alkanes of at least 4 members (excludes halogenated alkanes) is 1. The third kappa shape index (κ3) is 7.25. The predicted molar refractivity (Wildman–Crippen MR) is 113 cm³/mol. The topological polar surface area (TPSA) is 44.0 Å². The van der Waals surface area contributed by atoms with Crippen LogP contribution < -0.4 is 5.32 Å². The van der Waals surface area contributed by atoms with Crippen LogP contribution in [0.4, 0.5) is 0 Å². The number of halogens is 1. The molecule has 0 aliphatic heterocycles. The van der Waals surface area contributed by atoms with Crippen LogP contribution in [0.1, 0.15) is 38.5 Å². The van der Waals surface area contributed by atoms with Gasteiger partial charge in [0, 0.05) is 27.2 Å². The average molecular weight is 448 g/mol. The standard InChI is InChI=1S/C18H32N4O.HI/c1-6-9-10-13-21(5)18(19-4)20-15-16(22(7-2)8-3)17-12-11-14-23-17;/h6,11-12,14,16H,1,7-10,13,15H2,2-5H3,(H,19,20);1H. The lowest BCUT2D eigenvalue weighted by molar-refractivity contribution is 0.192. The number of furan rings is 1. The molecule has 0 amide bonds. The third-order valence-corrected chi connectivity index (χ3v) is 4.05. The van der Waals surface area contributed by atoms with Crippen LogP contribution >= 0.6 is 24.0 Å². The van der Waals surface area contributed by atoms with Gasteiger partial charge in [-0.2, -0.15) is 0 Å². The van der Waals surface area contributed by atoms with Gasteiger partial charge in [-0.05, 0) is 38.1 Å². The fraction of sp³-hybridized carbons (Fsp3) is 0.611. The molecule has 1 atom stereocenters. The van der Waals surface area contributed by atoms with Gasteiger partial charge in [0.1, 0.15) is 5.76 Å². The molecule has 24 heavy (non-hydrogen) atoms. The Balaban J connectivity index is 0.00000529. The molecular formula is C18H33IN4O. The first-order chi connectivity index (χ1) is 11.2. The van der Waals surface area contributed by atoms with Gasteiger partial charge in [-0.1, -0.05) is 19.9 Å². The van der Waals surface area contributed by atoms with Crippen molar-refractivity contribution in [3.63, 3.8) is 0 Å². The number of nitrogens with one attached hydrogen (secondary N) is 1. The van der Waals surface area contributed by atoms with E-state index in [9.17, 15) is 0 Å². The van der Waals surface area contributed by atoms with Gasteiger partial charge in [-0.15, -0.1) is 30.6 Å². The van der Waals surface area contributed by atoms with Crippen LogP contribution in [0.5, 0.6) is 0 Å². The van der Waals surface area contributed by atoms with Gasteiger partial charge in [0.2, 0.25) is 0 Å². The zero-order valence-electron chi connectivity index (χ0n) is 15.5. The molecule has 0 radical (unpaired) electrons. The van der Waals surface area contributed by atoms with Crippen molar-refractivity contribution in [1.29, 1.82) is 0 Å². The maximum absolute atomic E-state index is 5.64. The van der Waals surface area contributed by atoms with E-state index in [0.29, 0.717) is 0 Å². The van der Waals surface area contributed by atoms with Crippen molar-refractivity contribution in [3.05, 3.63) is 36.8 Å². The molecule has 138 valence electrons. The highest BCUT2D eigenvalue weighted by molar-refractivity contribution is 14.0. The summed E-state index contributed by atoms with van der Waals surface area (Å²) in [7, 11) is 3.89. The molecule has 1 unspecified atom stereocenters. The zero-order valence-corrected chi connectivity index (χ0v) is 17.8. The van der Waals surface area contributed by atoms with Crippen LogP contribution in [0.3, 0.4) is 0 Å². The normalized spacial score (nSPS) is 12.6. The molecule has 0 fully saturated rings. The number of allylic oxidation sites excluding steroid dienone is 1. The molecule has 0 bridgehead atoms. The van der Waals surface area contributed by atoms with E-state index in [4.69, 9.17) is 4.42 Å². The van der Waals surface area contributed by atoms with Crippen molar-refractivity contribution >= 4 is 29.9 Å². The van der Waals surface area contributed by atoms with E-state index in [-0.39, 0.29) is 30.0 Å². The van der Waals surface area contributed by atoms with Crippen molar-refractivity contribution in [2.45, 2.75) is 32.7 Å². The van der Waals surface area contributed by atoms with Gasteiger partial charge in [0.15, 0.2) is 5.96 Å². The Morgan fingerprint density at radius 2 is 2.12 bits per heavy atom. The van der Waals surface area contributed by atoms with Crippen molar-refractivity contribution in [1.82, 2.24) is 15.1 Å². The number of likely N-dealkylation sites (N-methyl/N-ethyl adjacent to an activating group) is 1. The van der Waals surface area contributed by atoms with Gasteiger partial charge in [-0.25, -0.2) is 0 Å². The number of guanidine groups is 1. The van der Waals surface area contributed by atoms with Crippen molar-refractivity contribution in [2.24, 2.45) is 4.99 Å². The van der Waals surface area contributed by atoms with E-state index in [1.807, 2.05) is 25.3 Å². The Hall–Kier alpha value is -1.02. The second-order valence-electron chi connectivity index (χ2n) is 5.53. The Bertz CT molecular complexity index is 458. The molecule has 0 aliphatic carbocycles. The molecule has 0 spiro atoms. The minimum Gasteiger partial charge on any atom is -0.468 e. The van der Waals surface area contributed by atoms with Crippen molar-refractivity contribution < 1.29 is 4.42 Å². The van der Waals surface area contributed by atoms with E-state index in [2.05, 4.69) is 47.6 Å². The quantitative estimate of drug-likeness (QED) is 0.195. The molecule has 5 nitrogen and oxygen atoms in total. The minimum absolute atomic E-state index is 0. The highest BCUT2D eigenvalue weighted by Crippen LogP contribution is 2.20. The smallest absolute Gasteiger partial charge is 0.193 e. The highest BCUT2D eigenvalue weighted by Gasteiger charge is 2.21. The summed E-state index contributed by atoms with van der Waals surface area (Å²) in [5, 5.41) is 3.48. The van der Waals surface area contributed by atoms with Gasteiger partial charge in [-0.3, -0.25) is 9.89 Å². The van der Waals surface area contributed by atoms with Crippen molar-refractivity contribution in [2.75, 3.05) is 40.3 Å². The summed E-state index contributed by atoms with van der Waals surface area (Å²) in [6.07, 6.45) is 5.80. The van der Waals surface area contributed by atoms with E-state index in [0.717, 1.165) is 50.7 Å². The Morgan fingerprint density at radius 1 is 1.42 bits per heavy atom. The van der Waals surface area contributed by atoms with Crippen molar-refractivity contribution in [3.8, 4) is 0 Å². The van der Waals surface area contributed by atoms with Crippen LogP contribution in [0.2, 0.25) is 0 Å². The largest absolute Gasteiger partial charge is 0.468 e. The molecule has 6 heteroatoms. The summed E-state index contributed by atoms with van der Waals surface area (Å²) in [4.78, 5) is 8.93. The fourth-order valence-corrected chi connectivity index (χ4v) is 2.71. The lowest BCUT2D eigenvalue weighted by atomic mass is 10.2. The fourth-order valence-electron chi connectivity index (χ4n) is 2.71. The van der Waals surface area contributed by atoms with Gasteiger partial charge >= 0.3 is 0 Å².